The highest BCUT2D eigenvalue weighted by Gasteiger charge is 2.11. The highest BCUT2D eigenvalue weighted by Crippen LogP contribution is 2.22. The summed E-state index contributed by atoms with van der Waals surface area (Å²) < 4.78 is 0.934. The quantitative estimate of drug-likeness (QED) is 0.904. The first-order valence-corrected chi connectivity index (χ1v) is 7.10. The molecule has 0 aromatic carbocycles. The molecule has 0 atom stereocenters. The van der Waals surface area contributed by atoms with Crippen LogP contribution in [0.1, 0.15) is 25.8 Å². The van der Waals surface area contributed by atoms with Gasteiger partial charge in [0.05, 0.1) is 10.6 Å². The second-order valence-corrected chi connectivity index (χ2v) is 6.18. The summed E-state index contributed by atoms with van der Waals surface area (Å²) in [5.74, 6) is 0.467. The van der Waals surface area contributed by atoms with Crippen LogP contribution in [-0.4, -0.2) is 10.9 Å². The third-order valence-electron chi connectivity index (χ3n) is 2.65. The lowest BCUT2D eigenvalue weighted by Gasteiger charge is -2.04. The minimum absolute atomic E-state index is 0.106. The summed E-state index contributed by atoms with van der Waals surface area (Å²) in [5.41, 5.74) is 2.00. The van der Waals surface area contributed by atoms with Gasteiger partial charge in [-0.1, -0.05) is 0 Å². The highest BCUT2D eigenvalue weighted by molar-refractivity contribution is 9.10. The standard InChI is InChI=1S/C13H13BrN2OS/c1-7-6-11(18-9(7)3)13(17)16-12-5-4-10(14)8(2)15-12/h4-6H,1-3H3,(H,15,16,17). The van der Waals surface area contributed by atoms with Gasteiger partial charge >= 0.3 is 0 Å². The Kier molecular flexibility index (Phi) is 3.82. The summed E-state index contributed by atoms with van der Waals surface area (Å²) in [4.78, 5) is 18.2. The van der Waals surface area contributed by atoms with Gasteiger partial charge in [0.2, 0.25) is 0 Å². The molecule has 1 N–H and O–H groups in total. The molecule has 3 nitrogen and oxygen atoms in total. The van der Waals surface area contributed by atoms with Gasteiger partial charge in [-0.25, -0.2) is 4.98 Å². The Morgan fingerprint density at radius 3 is 2.61 bits per heavy atom. The lowest BCUT2D eigenvalue weighted by molar-refractivity contribution is 0.103. The molecule has 1 amide bonds. The number of anilines is 1. The number of carbonyl (C=O) groups excluding carboxylic acids is 1. The molecule has 0 saturated heterocycles. The van der Waals surface area contributed by atoms with E-state index in [-0.39, 0.29) is 5.91 Å². The molecule has 0 aliphatic heterocycles. The van der Waals surface area contributed by atoms with E-state index in [1.807, 2.05) is 32.9 Å². The lowest BCUT2D eigenvalue weighted by atomic mass is 10.3. The smallest absolute Gasteiger partial charge is 0.266 e. The summed E-state index contributed by atoms with van der Waals surface area (Å²) in [6, 6.07) is 5.56. The Morgan fingerprint density at radius 2 is 2.06 bits per heavy atom. The Morgan fingerprint density at radius 1 is 1.33 bits per heavy atom. The van der Waals surface area contributed by atoms with E-state index in [0.29, 0.717) is 10.7 Å². The maximum atomic E-state index is 12.0. The van der Waals surface area contributed by atoms with Crippen LogP contribution in [-0.2, 0) is 0 Å². The van der Waals surface area contributed by atoms with Gasteiger partial charge in [-0.2, -0.15) is 0 Å². The van der Waals surface area contributed by atoms with Crippen molar-refractivity contribution in [3.63, 3.8) is 0 Å². The fourth-order valence-electron chi connectivity index (χ4n) is 1.48. The third kappa shape index (κ3) is 2.79. The van der Waals surface area contributed by atoms with Gasteiger partial charge in [-0.05, 0) is 60.5 Å². The van der Waals surface area contributed by atoms with E-state index in [1.165, 1.54) is 16.2 Å². The molecule has 2 heterocycles. The zero-order valence-electron chi connectivity index (χ0n) is 10.4. The van der Waals surface area contributed by atoms with Crippen LogP contribution in [0.25, 0.3) is 0 Å². The second-order valence-electron chi connectivity index (χ2n) is 4.07. The van der Waals surface area contributed by atoms with E-state index in [1.54, 1.807) is 6.07 Å². The van der Waals surface area contributed by atoms with Gasteiger partial charge in [-0.3, -0.25) is 4.79 Å². The predicted octanol–water partition coefficient (Wildman–Crippen LogP) is 4.08. The van der Waals surface area contributed by atoms with Crippen LogP contribution in [0, 0.1) is 20.8 Å². The fraction of sp³-hybridized carbons (Fsp3) is 0.231. The van der Waals surface area contributed by atoms with Crippen LogP contribution in [0.3, 0.4) is 0 Å². The van der Waals surface area contributed by atoms with Crippen molar-refractivity contribution in [1.29, 1.82) is 0 Å². The molecule has 94 valence electrons. The number of amides is 1. The van der Waals surface area contributed by atoms with E-state index in [2.05, 4.69) is 26.2 Å². The Hall–Kier alpha value is -1.20. The van der Waals surface area contributed by atoms with Crippen molar-refractivity contribution < 1.29 is 4.79 Å². The molecular formula is C13H13BrN2OS. The van der Waals surface area contributed by atoms with Crippen molar-refractivity contribution in [2.24, 2.45) is 0 Å². The number of nitrogens with zero attached hydrogens (tertiary/aromatic N) is 1. The number of pyridine rings is 1. The summed E-state index contributed by atoms with van der Waals surface area (Å²) >= 11 is 4.88. The molecule has 0 spiro atoms. The Labute approximate surface area is 118 Å². The number of hydrogen-bond donors (Lipinski definition) is 1. The molecule has 2 rings (SSSR count). The van der Waals surface area contributed by atoms with Gasteiger partial charge in [0.1, 0.15) is 5.82 Å². The summed E-state index contributed by atoms with van der Waals surface area (Å²) in [7, 11) is 0. The molecular weight excluding hydrogens is 312 g/mol. The average molecular weight is 325 g/mol. The second kappa shape index (κ2) is 5.20. The number of rotatable bonds is 2. The molecule has 0 fully saturated rings. The van der Waals surface area contributed by atoms with Crippen LogP contribution in [0.15, 0.2) is 22.7 Å². The van der Waals surface area contributed by atoms with Crippen molar-refractivity contribution in [3.8, 4) is 0 Å². The molecule has 2 aromatic rings. The summed E-state index contributed by atoms with van der Waals surface area (Å²) in [5, 5.41) is 2.81. The van der Waals surface area contributed by atoms with E-state index >= 15 is 0 Å². The largest absolute Gasteiger partial charge is 0.306 e. The molecule has 18 heavy (non-hydrogen) atoms. The van der Waals surface area contributed by atoms with Gasteiger partial charge < -0.3 is 5.32 Å². The molecule has 0 bridgehead atoms. The third-order valence-corrected chi connectivity index (χ3v) is 4.64. The molecule has 0 unspecified atom stereocenters. The van der Waals surface area contributed by atoms with E-state index in [0.717, 1.165) is 15.7 Å². The van der Waals surface area contributed by atoms with Crippen LogP contribution < -0.4 is 5.32 Å². The average Bonchev–Trinajstić information content (AvgIpc) is 2.65. The lowest BCUT2D eigenvalue weighted by Crippen LogP contribution is -2.11. The van der Waals surface area contributed by atoms with Gasteiger partial charge in [0.15, 0.2) is 0 Å². The summed E-state index contributed by atoms with van der Waals surface area (Å²) in [6.45, 7) is 5.91. The molecule has 5 heteroatoms. The first-order chi connectivity index (χ1) is 8.47. The number of aromatic nitrogens is 1. The molecule has 2 aromatic heterocycles. The zero-order valence-corrected chi connectivity index (χ0v) is 12.8. The van der Waals surface area contributed by atoms with Crippen molar-refractivity contribution in [2.75, 3.05) is 5.32 Å². The normalized spacial score (nSPS) is 10.4. The number of thiophene rings is 1. The molecule has 0 aliphatic rings. The SMILES string of the molecule is Cc1cc(C(=O)Nc2ccc(Br)c(C)n2)sc1C. The maximum Gasteiger partial charge on any atom is 0.266 e. The first kappa shape index (κ1) is 13.2. The Bertz CT molecular complexity index is 588. The number of carbonyl (C=O) groups is 1. The van der Waals surface area contributed by atoms with E-state index in [4.69, 9.17) is 0 Å². The number of nitrogens with one attached hydrogen (secondary N) is 1. The van der Waals surface area contributed by atoms with Gasteiger partial charge in [0, 0.05) is 9.35 Å². The molecule has 0 radical (unpaired) electrons. The van der Waals surface area contributed by atoms with Crippen molar-refractivity contribution >= 4 is 39.0 Å². The molecule has 0 saturated carbocycles. The maximum absolute atomic E-state index is 12.0. The Balaban J connectivity index is 2.18. The van der Waals surface area contributed by atoms with E-state index < -0.39 is 0 Å². The first-order valence-electron chi connectivity index (χ1n) is 5.49. The minimum atomic E-state index is -0.106. The van der Waals surface area contributed by atoms with Crippen LogP contribution in [0.4, 0.5) is 5.82 Å². The van der Waals surface area contributed by atoms with Crippen molar-refractivity contribution in [1.82, 2.24) is 4.98 Å². The monoisotopic (exact) mass is 324 g/mol. The minimum Gasteiger partial charge on any atom is -0.306 e. The van der Waals surface area contributed by atoms with Crippen molar-refractivity contribution in [3.05, 3.63) is 43.7 Å². The van der Waals surface area contributed by atoms with Gasteiger partial charge in [0.25, 0.3) is 5.91 Å². The highest BCUT2D eigenvalue weighted by atomic mass is 79.9. The number of hydrogen-bond acceptors (Lipinski definition) is 3. The fourth-order valence-corrected chi connectivity index (χ4v) is 2.63. The van der Waals surface area contributed by atoms with Gasteiger partial charge in [-0.15, -0.1) is 11.3 Å². The van der Waals surface area contributed by atoms with E-state index in [9.17, 15) is 4.79 Å². The van der Waals surface area contributed by atoms with Crippen LogP contribution in [0.2, 0.25) is 0 Å². The van der Waals surface area contributed by atoms with Crippen molar-refractivity contribution in [2.45, 2.75) is 20.8 Å². The number of halogens is 1. The zero-order chi connectivity index (χ0) is 13.3. The summed E-state index contributed by atoms with van der Waals surface area (Å²) in [6.07, 6.45) is 0. The number of aryl methyl sites for hydroxylation is 3. The predicted molar refractivity (Wildman–Crippen MR) is 78.4 cm³/mol. The van der Waals surface area contributed by atoms with Crippen LogP contribution in [0.5, 0.6) is 0 Å². The topological polar surface area (TPSA) is 42.0 Å². The van der Waals surface area contributed by atoms with Crippen LogP contribution >= 0.6 is 27.3 Å². The molecule has 0 aliphatic carbocycles.